The quantitative estimate of drug-likeness (QED) is 0.0972. The van der Waals surface area contributed by atoms with Gasteiger partial charge < -0.3 is 9.47 Å². The summed E-state index contributed by atoms with van der Waals surface area (Å²) in [6.07, 6.45) is 0.726. The van der Waals surface area contributed by atoms with Crippen LogP contribution in [0.5, 0.6) is 11.5 Å². The molecule has 4 aromatic carbocycles. The summed E-state index contributed by atoms with van der Waals surface area (Å²) in [5.74, 6) is -0.266. The van der Waals surface area contributed by atoms with Gasteiger partial charge in [-0.15, -0.1) is 26.3 Å². The van der Waals surface area contributed by atoms with Crippen LogP contribution in [0.25, 0.3) is 22.3 Å². The number of halogens is 6. The van der Waals surface area contributed by atoms with Gasteiger partial charge in [-0.25, -0.2) is 0 Å². The van der Waals surface area contributed by atoms with E-state index < -0.39 is 12.7 Å². The Balaban J connectivity index is 1.17. The third-order valence-electron chi connectivity index (χ3n) is 8.99. The predicted molar refractivity (Wildman–Crippen MR) is 185 cm³/mol. The van der Waals surface area contributed by atoms with Crippen LogP contribution in [-0.4, -0.2) is 12.7 Å². The number of ether oxygens (including phenoxy) is 2. The number of alkyl halides is 6. The lowest BCUT2D eigenvalue weighted by atomic mass is 9.93. The van der Waals surface area contributed by atoms with E-state index in [1.54, 1.807) is 52.0 Å². The average molecular weight is 685 g/mol. The molecular formula is C41H46F6O2. The van der Waals surface area contributed by atoms with E-state index in [1.807, 2.05) is 13.8 Å². The molecule has 49 heavy (non-hydrogen) atoms. The molecular weight excluding hydrogens is 638 g/mol. The first-order valence-corrected chi connectivity index (χ1v) is 16.9. The van der Waals surface area contributed by atoms with Gasteiger partial charge >= 0.3 is 12.7 Å². The Kier molecular flexibility index (Phi) is 12.5. The first kappa shape index (κ1) is 37.9. The normalized spacial score (nSPS) is 12.0. The molecule has 0 saturated heterocycles. The van der Waals surface area contributed by atoms with Crippen molar-refractivity contribution in [2.75, 3.05) is 0 Å². The second kappa shape index (κ2) is 16.2. The van der Waals surface area contributed by atoms with E-state index in [4.69, 9.17) is 0 Å². The van der Waals surface area contributed by atoms with Crippen LogP contribution in [-0.2, 0) is 12.8 Å². The highest BCUT2D eigenvalue weighted by atomic mass is 19.4. The van der Waals surface area contributed by atoms with Crippen LogP contribution >= 0.6 is 0 Å². The second-order valence-electron chi connectivity index (χ2n) is 13.2. The van der Waals surface area contributed by atoms with Gasteiger partial charge in [0.05, 0.1) is 0 Å². The summed E-state index contributed by atoms with van der Waals surface area (Å²) in [7, 11) is 0. The monoisotopic (exact) mass is 684 g/mol. The van der Waals surface area contributed by atoms with Gasteiger partial charge in [-0.2, -0.15) is 0 Å². The van der Waals surface area contributed by atoms with Crippen LogP contribution in [0.4, 0.5) is 26.3 Å². The molecule has 0 N–H and O–H groups in total. The molecule has 0 aromatic heterocycles. The summed E-state index contributed by atoms with van der Waals surface area (Å²) in [6, 6.07) is 19.7. The first-order valence-electron chi connectivity index (χ1n) is 16.9. The van der Waals surface area contributed by atoms with E-state index >= 15 is 0 Å². The molecule has 264 valence electrons. The van der Waals surface area contributed by atoms with Crippen LogP contribution in [0.15, 0.2) is 60.7 Å². The highest BCUT2D eigenvalue weighted by molar-refractivity contribution is 5.72. The minimum Gasteiger partial charge on any atom is -0.405 e. The number of unbranched alkanes of at least 4 members (excludes halogenated alkanes) is 6. The zero-order valence-corrected chi connectivity index (χ0v) is 29.2. The molecule has 0 unspecified atom stereocenters. The summed E-state index contributed by atoms with van der Waals surface area (Å²) in [6.45, 7) is 10.6. The van der Waals surface area contributed by atoms with Crippen LogP contribution in [0.3, 0.4) is 0 Å². The fraction of sp³-hybridized carbons (Fsp3) is 0.415. The van der Waals surface area contributed by atoms with Crippen molar-refractivity contribution in [3.63, 3.8) is 0 Å². The fourth-order valence-corrected chi connectivity index (χ4v) is 6.72. The average Bonchev–Trinajstić information content (AvgIpc) is 2.99. The number of hydrogen-bond donors (Lipinski definition) is 0. The van der Waals surface area contributed by atoms with Crippen LogP contribution in [0.1, 0.15) is 89.5 Å². The topological polar surface area (TPSA) is 18.5 Å². The maximum absolute atomic E-state index is 12.8. The van der Waals surface area contributed by atoms with E-state index in [-0.39, 0.29) is 11.5 Å². The van der Waals surface area contributed by atoms with Gasteiger partial charge in [0.15, 0.2) is 0 Å². The standard InChI is InChI=1S/C41H46F6O2/c1-26-20-32(16-18-36(26)34-22-28(3)38(29(4)23-34)48-40(42,43)44)14-12-10-8-7-9-11-13-15-33-17-19-37(27(2)21-33)35-24-30(5)39(31(6)25-35)49-41(45,46)47/h16-25H,7-15H2,1-6H3. The summed E-state index contributed by atoms with van der Waals surface area (Å²) < 4.78 is 85.1. The summed E-state index contributed by atoms with van der Waals surface area (Å²) >= 11 is 0. The Morgan fingerprint density at radius 1 is 0.408 bits per heavy atom. The molecule has 0 aliphatic carbocycles. The summed E-state index contributed by atoms with van der Waals surface area (Å²) in [4.78, 5) is 0. The third-order valence-corrected chi connectivity index (χ3v) is 8.99. The van der Waals surface area contributed by atoms with E-state index in [0.717, 1.165) is 59.1 Å². The number of aryl methyl sites for hydroxylation is 8. The number of hydrogen-bond acceptors (Lipinski definition) is 2. The lowest BCUT2D eigenvalue weighted by Crippen LogP contribution is -2.18. The Morgan fingerprint density at radius 2 is 0.714 bits per heavy atom. The van der Waals surface area contributed by atoms with Gasteiger partial charge in [-0.3, -0.25) is 0 Å². The van der Waals surface area contributed by atoms with Crippen LogP contribution in [0, 0.1) is 41.5 Å². The largest absolute Gasteiger partial charge is 0.573 e. The molecule has 4 rings (SSSR count). The number of benzene rings is 4. The number of rotatable bonds is 14. The van der Waals surface area contributed by atoms with Crippen molar-refractivity contribution < 1.29 is 35.8 Å². The molecule has 0 heterocycles. The van der Waals surface area contributed by atoms with Gasteiger partial charge in [0.2, 0.25) is 0 Å². The maximum atomic E-state index is 12.8. The van der Waals surface area contributed by atoms with E-state index in [1.165, 1.54) is 43.2 Å². The first-order chi connectivity index (χ1) is 23.0. The van der Waals surface area contributed by atoms with Crippen molar-refractivity contribution >= 4 is 0 Å². The molecule has 0 bridgehead atoms. The second-order valence-corrected chi connectivity index (χ2v) is 13.2. The van der Waals surface area contributed by atoms with Crippen molar-refractivity contribution in [2.45, 2.75) is 112 Å². The van der Waals surface area contributed by atoms with Crippen LogP contribution < -0.4 is 9.47 Å². The van der Waals surface area contributed by atoms with E-state index in [2.05, 4.69) is 45.9 Å². The van der Waals surface area contributed by atoms with Gasteiger partial charge in [-0.1, -0.05) is 68.5 Å². The molecule has 2 nitrogen and oxygen atoms in total. The molecule has 0 radical (unpaired) electrons. The Labute approximate surface area is 286 Å². The fourth-order valence-electron chi connectivity index (χ4n) is 6.72. The SMILES string of the molecule is Cc1cc(CCCCCCCCCc2ccc(-c3cc(C)c(OC(F)(F)F)c(C)c3)c(C)c2)ccc1-c1cc(C)c(OC(F)(F)F)c(C)c1. The smallest absolute Gasteiger partial charge is 0.405 e. The van der Waals surface area contributed by atoms with Crippen molar-refractivity contribution in [1.29, 1.82) is 0 Å². The molecule has 0 amide bonds. The minimum atomic E-state index is -4.72. The molecule has 0 aliphatic rings. The van der Waals surface area contributed by atoms with Gasteiger partial charge in [0, 0.05) is 0 Å². The van der Waals surface area contributed by atoms with Gasteiger partial charge in [-0.05, 0) is 158 Å². The zero-order valence-electron chi connectivity index (χ0n) is 29.2. The van der Waals surface area contributed by atoms with Crippen molar-refractivity contribution in [2.24, 2.45) is 0 Å². The Morgan fingerprint density at radius 3 is 1.00 bits per heavy atom. The maximum Gasteiger partial charge on any atom is 0.573 e. The summed E-state index contributed by atoms with van der Waals surface area (Å²) in [5.41, 5.74) is 10.4. The predicted octanol–water partition coefficient (Wildman–Crippen LogP) is 13.2. The highest BCUT2D eigenvalue weighted by Crippen LogP contribution is 2.36. The molecule has 0 atom stereocenters. The minimum absolute atomic E-state index is 0.133. The van der Waals surface area contributed by atoms with Gasteiger partial charge in [0.25, 0.3) is 0 Å². The molecule has 0 fully saturated rings. The lowest BCUT2D eigenvalue weighted by molar-refractivity contribution is -0.276. The van der Waals surface area contributed by atoms with Crippen molar-refractivity contribution in [3.05, 3.63) is 105 Å². The Bertz CT molecular complexity index is 1560. The lowest BCUT2D eigenvalue weighted by Gasteiger charge is -2.16. The van der Waals surface area contributed by atoms with Crippen molar-refractivity contribution in [1.82, 2.24) is 0 Å². The van der Waals surface area contributed by atoms with Crippen molar-refractivity contribution in [3.8, 4) is 33.8 Å². The zero-order chi connectivity index (χ0) is 35.9. The summed E-state index contributed by atoms with van der Waals surface area (Å²) in [5, 5.41) is 0. The Hall–Kier alpha value is -3.94. The molecule has 8 heteroatoms. The molecule has 0 aliphatic heterocycles. The highest BCUT2D eigenvalue weighted by Gasteiger charge is 2.33. The third kappa shape index (κ3) is 11.0. The molecule has 0 saturated carbocycles. The van der Waals surface area contributed by atoms with E-state index in [9.17, 15) is 26.3 Å². The molecule has 0 spiro atoms. The van der Waals surface area contributed by atoms with Gasteiger partial charge in [0.1, 0.15) is 11.5 Å². The van der Waals surface area contributed by atoms with E-state index in [0.29, 0.717) is 22.3 Å². The van der Waals surface area contributed by atoms with Crippen LogP contribution in [0.2, 0.25) is 0 Å². The molecule has 4 aromatic rings.